The number of rotatable bonds is 4. The molecular weight excluding hydrogens is 296 g/mol. The van der Waals surface area contributed by atoms with Gasteiger partial charge in [0.25, 0.3) is 5.69 Å². The molecule has 3 aromatic rings. The molecule has 0 aliphatic heterocycles. The normalized spacial score (nSPS) is 10.9. The van der Waals surface area contributed by atoms with Gasteiger partial charge < -0.3 is 0 Å². The van der Waals surface area contributed by atoms with Crippen molar-refractivity contribution in [2.75, 3.05) is 0 Å². The highest BCUT2D eigenvalue weighted by Gasteiger charge is 2.02. The second kappa shape index (κ2) is 6.32. The Bertz CT molecular complexity index is 792. The van der Waals surface area contributed by atoms with Crippen LogP contribution in [0.15, 0.2) is 60.1 Å². The quantitative estimate of drug-likeness (QED) is 0.509. The third kappa shape index (κ3) is 3.27. The van der Waals surface area contributed by atoms with E-state index in [4.69, 9.17) is 0 Å². The van der Waals surface area contributed by atoms with E-state index in [1.54, 1.807) is 23.5 Å². The third-order valence-corrected chi connectivity index (χ3v) is 4.02. The largest absolute Gasteiger partial charge is 0.269 e. The summed E-state index contributed by atoms with van der Waals surface area (Å²) in [6.07, 6.45) is 5.66. The summed E-state index contributed by atoms with van der Waals surface area (Å²) in [6.45, 7) is 0. The average Bonchev–Trinajstić information content (AvgIpc) is 3.08. The van der Waals surface area contributed by atoms with Crippen LogP contribution in [0.4, 0.5) is 5.69 Å². The molecule has 108 valence electrons. The van der Waals surface area contributed by atoms with Crippen molar-refractivity contribution in [1.82, 2.24) is 4.98 Å². The van der Waals surface area contributed by atoms with Gasteiger partial charge >= 0.3 is 0 Å². The number of aromatic nitrogens is 1. The lowest BCUT2D eigenvalue weighted by Gasteiger charge is -1.98. The summed E-state index contributed by atoms with van der Waals surface area (Å²) in [5.74, 6) is 0. The number of nitro benzene ring substituents is 1. The molecule has 0 amide bonds. The Kier molecular flexibility index (Phi) is 4.07. The maximum Gasteiger partial charge on any atom is 0.269 e. The number of non-ortho nitro benzene ring substituents is 1. The molecule has 2 aromatic heterocycles. The summed E-state index contributed by atoms with van der Waals surface area (Å²) >= 11 is 1.66. The first kappa shape index (κ1) is 14.2. The summed E-state index contributed by atoms with van der Waals surface area (Å²) in [5, 5.41) is 12.6. The Balaban J connectivity index is 1.73. The Morgan fingerprint density at radius 2 is 1.73 bits per heavy atom. The molecule has 4 nitrogen and oxygen atoms in total. The SMILES string of the molecule is O=[N+]([O-])c1ccc(/C=C/c2ccc(-c3cccs3)nc2)cc1. The van der Waals surface area contributed by atoms with Crippen LogP contribution in [-0.4, -0.2) is 9.91 Å². The van der Waals surface area contributed by atoms with Crippen molar-refractivity contribution < 1.29 is 4.92 Å². The molecule has 0 saturated carbocycles. The Labute approximate surface area is 131 Å². The number of benzene rings is 1. The number of thiophene rings is 1. The summed E-state index contributed by atoms with van der Waals surface area (Å²) < 4.78 is 0. The molecular formula is C17H12N2O2S. The molecule has 0 aliphatic carbocycles. The van der Waals surface area contributed by atoms with Crippen LogP contribution < -0.4 is 0 Å². The Morgan fingerprint density at radius 1 is 1.00 bits per heavy atom. The molecule has 0 radical (unpaired) electrons. The van der Waals surface area contributed by atoms with Crippen LogP contribution in [0.3, 0.4) is 0 Å². The van der Waals surface area contributed by atoms with Crippen molar-refractivity contribution in [2.24, 2.45) is 0 Å². The van der Waals surface area contributed by atoms with Gasteiger partial charge in [-0.2, -0.15) is 0 Å². The molecule has 1 aromatic carbocycles. The minimum atomic E-state index is -0.402. The highest BCUT2D eigenvalue weighted by molar-refractivity contribution is 7.13. The first-order valence-electron chi connectivity index (χ1n) is 6.65. The van der Waals surface area contributed by atoms with Crippen LogP contribution >= 0.6 is 11.3 Å². The highest BCUT2D eigenvalue weighted by atomic mass is 32.1. The molecule has 0 spiro atoms. The van der Waals surface area contributed by atoms with Crippen molar-refractivity contribution in [3.05, 3.63) is 81.3 Å². The number of nitrogens with zero attached hydrogens (tertiary/aromatic N) is 2. The Morgan fingerprint density at radius 3 is 2.32 bits per heavy atom. The number of hydrogen-bond acceptors (Lipinski definition) is 4. The van der Waals surface area contributed by atoms with Gasteiger partial charge in [0.05, 0.1) is 15.5 Å². The lowest BCUT2D eigenvalue weighted by atomic mass is 10.1. The van der Waals surface area contributed by atoms with E-state index < -0.39 is 4.92 Å². The van der Waals surface area contributed by atoms with Crippen LogP contribution in [0.25, 0.3) is 22.7 Å². The molecule has 0 bridgehead atoms. The lowest BCUT2D eigenvalue weighted by Crippen LogP contribution is -1.86. The van der Waals surface area contributed by atoms with Gasteiger partial charge in [0.2, 0.25) is 0 Å². The molecule has 2 heterocycles. The van der Waals surface area contributed by atoms with Crippen LogP contribution in [-0.2, 0) is 0 Å². The van der Waals surface area contributed by atoms with E-state index in [0.29, 0.717) is 0 Å². The third-order valence-electron chi connectivity index (χ3n) is 3.13. The minimum Gasteiger partial charge on any atom is -0.258 e. The van der Waals surface area contributed by atoms with Crippen molar-refractivity contribution in [3.8, 4) is 10.6 Å². The minimum absolute atomic E-state index is 0.0964. The van der Waals surface area contributed by atoms with Crippen LogP contribution in [0.5, 0.6) is 0 Å². The summed E-state index contributed by atoms with van der Waals surface area (Å²) in [7, 11) is 0. The van der Waals surface area contributed by atoms with E-state index in [0.717, 1.165) is 21.7 Å². The molecule has 0 N–H and O–H groups in total. The molecule has 0 atom stereocenters. The topological polar surface area (TPSA) is 56.0 Å². The van der Waals surface area contributed by atoms with Crippen molar-refractivity contribution in [2.45, 2.75) is 0 Å². The van der Waals surface area contributed by atoms with Crippen molar-refractivity contribution >= 4 is 29.2 Å². The fraction of sp³-hybridized carbons (Fsp3) is 0. The molecule has 0 saturated heterocycles. The van der Waals surface area contributed by atoms with Gasteiger partial charge in [-0.1, -0.05) is 24.3 Å². The van der Waals surface area contributed by atoms with Crippen molar-refractivity contribution in [3.63, 3.8) is 0 Å². The van der Waals surface area contributed by atoms with Crippen LogP contribution in [0.1, 0.15) is 11.1 Å². The molecule has 22 heavy (non-hydrogen) atoms. The second-order valence-corrected chi connectivity index (χ2v) is 5.58. The van der Waals surface area contributed by atoms with E-state index in [9.17, 15) is 10.1 Å². The lowest BCUT2D eigenvalue weighted by molar-refractivity contribution is -0.384. The zero-order valence-corrected chi connectivity index (χ0v) is 12.4. The maximum absolute atomic E-state index is 10.6. The fourth-order valence-corrected chi connectivity index (χ4v) is 2.68. The molecule has 0 unspecified atom stereocenters. The van der Waals surface area contributed by atoms with Gasteiger partial charge in [-0.15, -0.1) is 11.3 Å². The fourth-order valence-electron chi connectivity index (χ4n) is 1.97. The molecule has 3 rings (SSSR count). The van der Waals surface area contributed by atoms with Gasteiger partial charge in [0.1, 0.15) is 0 Å². The van der Waals surface area contributed by atoms with Gasteiger partial charge in [-0.3, -0.25) is 15.1 Å². The second-order valence-electron chi connectivity index (χ2n) is 4.64. The zero-order chi connectivity index (χ0) is 15.4. The van der Waals surface area contributed by atoms with E-state index in [-0.39, 0.29) is 5.69 Å². The van der Waals surface area contributed by atoms with Gasteiger partial charge in [0, 0.05) is 18.3 Å². The highest BCUT2D eigenvalue weighted by Crippen LogP contribution is 2.22. The first-order chi connectivity index (χ1) is 10.7. The smallest absolute Gasteiger partial charge is 0.258 e. The van der Waals surface area contributed by atoms with Gasteiger partial charge in [-0.25, -0.2) is 0 Å². The van der Waals surface area contributed by atoms with Crippen LogP contribution in [0.2, 0.25) is 0 Å². The standard InChI is InChI=1S/C17H12N2O2S/c20-19(21)15-8-5-13(6-9-15)3-4-14-7-10-16(18-12-14)17-2-1-11-22-17/h1-12H/b4-3+. The van der Waals surface area contributed by atoms with E-state index in [1.165, 1.54) is 12.1 Å². The van der Waals surface area contributed by atoms with Gasteiger partial charge in [0.15, 0.2) is 0 Å². The zero-order valence-electron chi connectivity index (χ0n) is 11.5. The van der Waals surface area contributed by atoms with E-state index in [1.807, 2.05) is 48.0 Å². The summed E-state index contributed by atoms with van der Waals surface area (Å²) in [5.41, 5.74) is 2.95. The Hall–Kier alpha value is -2.79. The maximum atomic E-state index is 10.6. The number of pyridine rings is 1. The molecule has 5 heteroatoms. The number of nitro groups is 1. The van der Waals surface area contributed by atoms with Crippen LogP contribution in [0, 0.1) is 10.1 Å². The van der Waals surface area contributed by atoms with E-state index in [2.05, 4.69) is 4.98 Å². The van der Waals surface area contributed by atoms with E-state index >= 15 is 0 Å². The summed E-state index contributed by atoms with van der Waals surface area (Å²) in [6, 6.07) is 14.5. The summed E-state index contributed by atoms with van der Waals surface area (Å²) in [4.78, 5) is 15.8. The van der Waals surface area contributed by atoms with Gasteiger partial charge in [-0.05, 0) is 40.8 Å². The predicted molar refractivity (Wildman–Crippen MR) is 89.6 cm³/mol. The average molecular weight is 308 g/mol. The monoisotopic (exact) mass is 308 g/mol. The van der Waals surface area contributed by atoms with Crippen molar-refractivity contribution in [1.29, 1.82) is 0 Å². The first-order valence-corrected chi connectivity index (χ1v) is 7.53. The number of hydrogen-bond donors (Lipinski definition) is 0. The molecule has 0 aliphatic rings. The predicted octanol–water partition coefficient (Wildman–Crippen LogP) is 4.89. The molecule has 0 fully saturated rings.